The van der Waals surface area contributed by atoms with Gasteiger partial charge in [-0.05, 0) is 0 Å². The number of rotatable bonds is 3. The van der Waals surface area contributed by atoms with Gasteiger partial charge in [-0.2, -0.15) is 0 Å². The highest BCUT2D eigenvalue weighted by Crippen LogP contribution is 1.89. The van der Waals surface area contributed by atoms with Crippen LogP contribution in [0.4, 0.5) is 0 Å². The van der Waals surface area contributed by atoms with Crippen LogP contribution < -0.4 is 0 Å². The van der Waals surface area contributed by atoms with E-state index in [4.69, 9.17) is 5.21 Å². The Bertz CT molecular complexity index is 179. The van der Waals surface area contributed by atoms with Gasteiger partial charge in [-0.3, -0.25) is 4.79 Å². The van der Waals surface area contributed by atoms with E-state index in [-0.39, 0.29) is 6.42 Å². The van der Waals surface area contributed by atoms with Crippen molar-refractivity contribution in [3.05, 3.63) is 0 Å². The van der Waals surface area contributed by atoms with Crippen LogP contribution >= 0.6 is 0 Å². The zero-order valence-corrected chi connectivity index (χ0v) is 6.33. The predicted octanol–water partition coefficient (Wildman–Crippen LogP) is -0.0313. The number of nitrogens with zero attached hydrogens (tertiary/aromatic N) is 1. The quantitative estimate of drug-likeness (QED) is 0.206. The molecule has 0 aliphatic carbocycles. The summed E-state index contributed by atoms with van der Waals surface area (Å²) in [6.07, 6.45) is 0.106. The van der Waals surface area contributed by atoms with Crippen LogP contribution in [0, 0.1) is 0 Å². The van der Waals surface area contributed by atoms with Crippen LogP contribution in [0.2, 0.25) is 0 Å². The van der Waals surface area contributed by atoms with Crippen LogP contribution in [0.1, 0.15) is 13.3 Å². The monoisotopic (exact) mass is 159 g/mol. The number of carbonyl (C=O) groups is 2. The third-order valence-corrected chi connectivity index (χ3v) is 1.06. The molecule has 0 aliphatic rings. The second-order valence-electron chi connectivity index (χ2n) is 1.72. The van der Waals surface area contributed by atoms with Crippen molar-refractivity contribution in [1.82, 2.24) is 0 Å². The van der Waals surface area contributed by atoms with Gasteiger partial charge in [0.1, 0.15) is 0 Å². The van der Waals surface area contributed by atoms with Gasteiger partial charge in [0.25, 0.3) is 0 Å². The standard InChI is InChI=1S/C6H9NO4/c1-3-4(8)5(7-10)6(9)11-2/h10H,3H2,1-2H3/b7-5+. The molecular formula is C6H9NO4. The highest BCUT2D eigenvalue weighted by molar-refractivity contribution is 6.64. The molecule has 0 saturated heterocycles. The summed E-state index contributed by atoms with van der Waals surface area (Å²) in [5.41, 5.74) is -0.560. The summed E-state index contributed by atoms with van der Waals surface area (Å²) in [6.45, 7) is 1.55. The lowest BCUT2D eigenvalue weighted by Crippen LogP contribution is -2.24. The molecule has 0 aliphatic heterocycles. The molecule has 0 unspecified atom stereocenters. The van der Waals surface area contributed by atoms with E-state index in [1.54, 1.807) is 6.92 Å². The summed E-state index contributed by atoms with van der Waals surface area (Å²) in [5, 5.41) is 10.7. The Kier molecular flexibility index (Phi) is 3.87. The SMILES string of the molecule is CCC(=O)/C(=N\O)C(=O)OC. The van der Waals surface area contributed by atoms with E-state index in [1.165, 1.54) is 0 Å². The van der Waals surface area contributed by atoms with E-state index in [9.17, 15) is 9.59 Å². The summed E-state index contributed by atoms with van der Waals surface area (Å²) < 4.78 is 4.18. The minimum atomic E-state index is -0.917. The molecule has 62 valence electrons. The first-order chi connectivity index (χ1) is 5.17. The molecule has 0 fully saturated rings. The number of hydrogen-bond acceptors (Lipinski definition) is 5. The third kappa shape index (κ3) is 2.37. The highest BCUT2D eigenvalue weighted by atomic mass is 16.5. The Morgan fingerprint density at radius 3 is 2.36 bits per heavy atom. The summed E-state index contributed by atoms with van der Waals surface area (Å²) in [7, 11) is 1.11. The van der Waals surface area contributed by atoms with Gasteiger partial charge in [-0.25, -0.2) is 4.79 Å². The average molecular weight is 159 g/mol. The van der Waals surface area contributed by atoms with Crippen LogP contribution in [0.15, 0.2) is 5.16 Å². The van der Waals surface area contributed by atoms with Crippen LogP contribution in [-0.4, -0.2) is 29.8 Å². The minimum absolute atomic E-state index is 0.106. The molecule has 0 radical (unpaired) electrons. The van der Waals surface area contributed by atoms with Crippen molar-refractivity contribution < 1.29 is 19.5 Å². The van der Waals surface area contributed by atoms with E-state index in [0.717, 1.165) is 7.11 Å². The lowest BCUT2D eigenvalue weighted by Gasteiger charge is -1.97. The molecular weight excluding hydrogens is 150 g/mol. The van der Waals surface area contributed by atoms with E-state index in [2.05, 4.69) is 9.89 Å². The van der Waals surface area contributed by atoms with Crippen LogP contribution in [-0.2, 0) is 14.3 Å². The Labute approximate surface area is 63.6 Å². The molecule has 1 N–H and O–H groups in total. The summed E-state index contributed by atoms with van der Waals surface area (Å²) in [5.74, 6) is -1.46. The van der Waals surface area contributed by atoms with Crippen molar-refractivity contribution in [2.75, 3.05) is 7.11 Å². The number of ether oxygens (including phenoxy) is 1. The lowest BCUT2D eigenvalue weighted by molar-refractivity contribution is -0.133. The summed E-state index contributed by atoms with van der Waals surface area (Å²) >= 11 is 0. The maximum atomic E-state index is 10.8. The first-order valence-corrected chi connectivity index (χ1v) is 3.00. The summed E-state index contributed by atoms with van der Waals surface area (Å²) in [6, 6.07) is 0. The Morgan fingerprint density at radius 2 is 2.09 bits per heavy atom. The molecule has 5 heteroatoms. The molecule has 0 spiro atoms. The fourth-order valence-corrected chi connectivity index (χ4v) is 0.475. The molecule has 0 heterocycles. The van der Waals surface area contributed by atoms with Crippen molar-refractivity contribution in [2.45, 2.75) is 13.3 Å². The topological polar surface area (TPSA) is 76.0 Å². The van der Waals surface area contributed by atoms with Gasteiger partial charge >= 0.3 is 5.97 Å². The molecule has 11 heavy (non-hydrogen) atoms. The smallest absolute Gasteiger partial charge is 0.363 e. The first-order valence-electron chi connectivity index (χ1n) is 3.00. The Morgan fingerprint density at radius 1 is 1.55 bits per heavy atom. The third-order valence-electron chi connectivity index (χ3n) is 1.06. The van der Waals surface area contributed by atoms with Gasteiger partial charge in [0.2, 0.25) is 5.71 Å². The maximum absolute atomic E-state index is 10.8. The van der Waals surface area contributed by atoms with Gasteiger partial charge in [0.15, 0.2) is 5.78 Å². The Hall–Kier alpha value is -1.39. The molecule has 0 aromatic rings. The van der Waals surface area contributed by atoms with Crippen molar-refractivity contribution in [3.63, 3.8) is 0 Å². The van der Waals surface area contributed by atoms with Gasteiger partial charge in [-0.1, -0.05) is 12.1 Å². The number of ketones is 1. The van der Waals surface area contributed by atoms with E-state index in [1.807, 2.05) is 0 Å². The zero-order valence-electron chi connectivity index (χ0n) is 6.33. The van der Waals surface area contributed by atoms with Crippen molar-refractivity contribution in [1.29, 1.82) is 0 Å². The second kappa shape index (κ2) is 4.43. The molecule has 0 bridgehead atoms. The number of methoxy groups -OCH3 is 1. The number of oxime groups is 1. The van der Waals surface area contributed by atoms with Gasteiger partial charge in [-0.15, -0.1) is 0 Å². The largest absolute Gasteiger partial charge is 0.464 e. The van der Waals surface area contributed by atoms with Crippen molar-refractivity contribution >= 4 is 17.5 Å². The van der Waals surface area contributed by atoms with Gasteiger partial charge in [0, 0.05) is 6.42 Å². The normalized spacial score (nSPS) is 10.9. The zero-order chi connectivity index (χ0) is 8.85. The molecule has 5 nitrogen and oxygen atoms in total. The molecule has 0 rings (SSSR count). The second-order valence-corrected chi connectivity index (χ2v) is 1.72. The number of Topliss-reactive ketones (excluding diaryl/α,β-unsaturated/α-hetero) is 1. The lowest BCUT2D eigenvalue weighted by atomic mass is 10.2. The minimum Gasteiger partial charge on any atom is -0.464 e. The first kappa shape index (κ1) is 9.61. The van der Waals surface area contributed by atoms with Crippen LogP contribution in [0.25, 0.3) is 0 Å². The fourth-order valence-electron chi connectivity index (χ4n) is 0.475. The average Bonchev–Trinajstić information content (AvgIpc) is 2.05. The highest BCUT2D eigenvalue weighted by Gasteiger charge is 2.19. The van der Waals surface area contributed by atoms with Crippen molar-refractivity contribution in [2.24, 2.45) is 5.16 Å². The predicted molar refractivity (Wildman–Crippen MR) is 36.5 cm³/mol. The number of carbonyl (C=O) groups excluding carboxylic acids is 2. The number of hydrogen-bond donors (Lipinski definition) is 1. The van der Waals surface area contributed by atoms with Crippen LogP contribution in [0.5, 0.6) is 0 Å². The van der Waals surface area contributed by atoms with Gasteiger partial charge < -0.3 is 9.94 Å². The molecule has 0 aromatic heterocycles. The molecule has 0 saturated carbocycles. The van der Waals surface area contributed by atoms with Gasteiger partial charge in [0.05, 0.1) is 7.11 Å². The molecule has 0 aromatic carbocycles. The Balaban J connectivity index is 4.43. The van der Waals surface area contributed by atoms with Crippen LogP contribution in [0.3, 0.4) is 0 Å². The van der Waals surface area contributed by atoms with Crippen molar-refractivity contribution in [3.8, 4) is 0 Å². The van der Waals surface area contributed by atoms with E-state index < -0.39 is 17.5 Å². The molecule has 0 atom stereocenters. The maximum Gasteiger partial charge on any atom is 0.363 e. The summed E-state index contributed by atoms with van der Waals surface area (Å²) in [4.78, 5) is 21.4. The molecule has 0 amide bonds. The fraction of sp³-hybridized carbons (Fsp3) is 0.500. The van der Waals surface area contributed by atoms with E-state index in [0.29, 0.717) is 0 Å². The van der Waals surface area contributed by atoms with E-state index >= 15 is 0 Å². The number of esters is 1.